The monoisotopic (exact) mass is 419 g/mol. The molecule has 29 heavy (non-hydrogen) atoms. The number of aliphatic hydroxyl groups excluding tert-OH is 2. The van der Waals surface area contributed by atoms with Gasteiger partial charge in [0.25, 0.3) is 0 Å². The Hall–Kier alpha value is -0.990. The molecule has 7 nitrogen and oxygen atoms in total. The molecule has 0 fully saturated rings. The van der Waals surface area contributed by atoms with E-state index >= 15 is 0 Å². The second-order valence-corrected chi connectivity index (χ2v) is 6.96. The van der Waals surface area contributed by atoms with Crippen LogP contribution in [0, 0.1) is 0 Å². The summed E-state index contributed by atoms with van der Waals surface area (Å²) in [6.07, 6.45) is 21.2. The van der Waals surface area contributed by atoms with Crippen molar-refractivity contribution in [1.82, 2.24) is 5.64 Å². The molecule has 0 aliphatic heterocycles. The molecule has 0 rings (SSSR count). The summed E-state index contributed by atoms with van der Waals surface area (Å²) in [6.45, 7) is 2.48. The second-order valence-electron chi connectivity index (χ2n) is 6.96. The maximum absolute atomic E-state index is 10.3. The van der Waals surface area contributed by atoms with Gasteiger partial charge in [0.2, 0.25) is 0 Å². The SMILES string of the molecule is CCCCCCCCC=CCCCCCCCC(=O)O.OCCONOCCO. The fourth-order valence-corrected chi connectivity index (χ4v) is 2.56. The third-order valence-corrected chi connectivity index (χ3v) is 4.16. The minimum absolute atomic E-state index is 0.0600. The van der Waals surface area contributed by atoms with Crippen LogP contribution in [0.2, 0.25) is 0 Å². The zero-order valence-electron chi connectivity index (χ0n) is 18.4. The van der Waals surface area contributed by atoms with Crippen molar-refractivity contribution in [3.8, 4) is 0 Å². The maximum Gasteiger partial charge on any atom is 0.303 e. The number of aliphatic carboxylic acids is 1. The summed E-state index contributed by atoms with van der Waals surface area (Å²) < 4.78 is 0. The number of aliphatic hydroxyl groups is 2. The number of hydrogen-bond donors (Lipinski definition) is 4. The van der Waals surface area contributed by atoms with E-state index < -0.39 is 5.97 Å². The Morgan fingerprint density at radius 1 is 0.759 bits per heavy atom. The molecule has 0 aliphatic carbocycles. The van der Waals surface area contributed by atoms with E-state index in [4.69, 9.17) is 15.3 Å². The summed E-state index contributed by atoms with van der Waals surface area (Å²) in [5.74, 6) is -0.664. The molecule has 0 spiro atoms. The standard InChI is InChI=1S/C18H34O2.C4H11NO4/c1-2-3-4-5-6-7-8-9-10-11-12-13-14-15-16-17-18(19)20;6-1-3-8-5-9-4-2-7/h9-10H,2-8,11-17H2,1H3,(H,19,20);5-7H,1-4H2. The summed E-state index contributed by atoms with van der Waals surface area (Å²) >= 11 is 0. The molecule has 0 amide bonds. The largest absolute Gasteiger partial charge is 0.481 e. The third-order valence-electron chi connectivity index (χ3n) is 4.16. The van der Waals surface area contributed by atoms with E-state index in [0.717, 1.165) is 12.8 Å². The number of carboxylic acid groups (broad SMARTS) is 1. The van der Waals surface area contributed by atoms with Crippen LogP contribution in [0.3, 0.4) is 0 Å². The molecule has 0 aromatic rings. The topological polar surface area (TPSA) is 108 Å². The van der Waals surface area contributed by atoms with Crippen molar-refractivity contribution in [3.05, 3.63) is 12.2 Å². The molecule has 0 aliphatic rings. The fraction of sp³-hybridized carbons (Fsp3) is 0.864. The van der Waals surface area contributed by atoms with Crippen LogP contribution >= 0.6 is 0 Å². The normalized spacial score (nSPS) is 10.9. The Morgan fingerprint density at radius 3 is 1.66 bits per heavy atom. The van der Waals surface area contributed by atoms with Crippen LogP contribution in [0.4, 0.5) is 0 Å². The van der Waals surface area contributed by atoms with Gasteiger partial charge in [0.05, 0.1) is 26.4 Å². The number of rotatable bonds is 21. The first kappa shape index (κ1) is 30.2. The van der Waals surface area contributed by atoms with Gasteiger partial charge in [-0.2, -0.15) is 0 Å². The number of hydrogen-bond acceptors (Lipinski definition) is 6. The van der Waals surface area contributed by atoms with Gasteiger partial charge in [-0.25, -0.2) is 0 Å². The Kier molecular flexibility index (Phi) is 30.4. The molecule has 0 saturated carbocycles. The van der Waals surface area contributed by atoms with Gasteiger partial charge in [0.15, 0.2) is 0 Å². The molecule has 4 N–H and O–H groups in total. The number of allylic oxidation sites excluding steroid dienone is 2. The van der Waals surface area contributed by atoms with Gasteiger partial charge in [0, 0.05) is 6.42 Å². The first-order valence-electron chi connectivity index (χ1n) is 11.3. The van der Waals surface area contributed by atoms with Crippen molar-refractivity contribution < 1.29 is 29.8 Å². The van der Waals surface area contributed by atoms with E-state index in [9.17, 15) is 4.79 Å². The Morgan fingerprint density at radius 2 is 1.21 bits per heavy atom. The maximum atomic E-state index is 10.3. The zero-order valence-corrected chi connectivity index (χ0v) is 18.4. The highest BCUT2D eigenvalue weighted by molar-refractivity contribution is 5.66. The van der Waals surface area contributed by atoms with Gasteiger partial charge in [-0.05, 0) is 32.1 Å². The smallest absolute Gasteiger partial charge is 0.303 e. The van der Waals surface area contributed by atoms with Crippen LogP contribution in [0.25, 0.3) is 0 Å². The lowest BCUT2D eigenvalue weighted by molar-refractivity contribution is -0.178. The summed E-state index contributed by atoms with van der Waals surface area (Å²) in [4.78, 5) is 19.2. The first-order valence-corrected chi connectivity index (χ1v) is 11.3. The van der Waals surface area contributed by atoms with E-state index in [2.05, 4.69) is 34.4 Å². The van der Waals surface area contributed by atoms with Crippen molar-refractivity contribution in [3.63, 3.8) is 0 Å². The molecular formula is C22H45NO6. The van der Waals surface area contributed by atoms with Crippen LogP contribution in [-0.4, -0.2) is 47.7 Å². The molecule has 174 valence electrons. The summed E-state index contributed by atoms with van der Waals surface area (Å²) in [6, 6.07) is 0. The second kappa shape index (κ2) is 29.2. The highest BCUT2D eigenvalue weighted by Gasteiger charge is 1.95. The number of carbonyl (C=O) groups is 1. The zero-order chi connectivity index (χ0) is 21.8. The van der Waals surface area contributed by atoms with Crippen molar-refractivity contribution in [2.24, 2.45) is 0 Å². The minimum atomic E-state index is -0.664. The predicted octanol–water partition coefficient (Wildman–Crippen LogP) is 4.53. The summed E-state index contributed by atoms with van der Waals surface area (Å²) in [7, 11) is 0. The van der Waals surface area contributed by atoms with E-state index in [1.807, 2.05) is 0 Å². The van der Waals surface area contributed by atoms with Crippen LogP contribution in [-0.2, 0) is 14.5 Å². The Balaban J connectivity index is 0. The molecule has 0 atom stereocenters. The third kappa shape index (κ3) is 34.9. The van der Waals surface area contributed by atoms with Crippen LogP contribution in [0.1, 0.15) is 96.8 Å². The molecule has 7 heteroatoms. The highest BCUT2D eigenvalue weighted by Crippen LogP contribution is 2.09. The van der Waals surface area contributed by atoms with Crippen molar-refractivity contribution in [2.75, 3.05) is 26.4 Å². The van der Waals surface area contributed by atoms with Crippen molar-refractivity contribution in [2.45, 2.75) is 96.8 Å². The molecule has 0 aromatic carbocycles. The molecule has 0 saturated heterocycles. The number of unbranched alkanes of at least 4 members (excludes halogenated alkanes) is 11. The highest BCUT2D eigenvalue weighted by atomic mass is 16.9. The molecule has 0 aromatic heterocycles. The van der Waals surface area contributed by atoms with Crippen LogP contribution in [0.15, 0.2) is 12.2 Å². The average molecular weight is 420 g/mol. The van der Waals surface area contributed by atoms with Gasteiger partial charge in [-0.1, -0.05) is 76.1 Å². The molecule has 0 radical (unpaired) electrons. The first-order chi connectivity index (χ1) is 14.2. The summed E-state index contributed by atoms with van der Waals surface area (Å²) in [5.41, 5.74) is 2.07. The Labute approximate surface area is 177 Å². The van der Waals surface area contributed by atoms with Gasteiger partial charge >= 0.3 is 5.97 Å². The lowest BCUT2D eigenvalue weighted by Gasteiger charge is -2.01. The fourth-order valence-electron chi connectivity index (χ4n) is 2.56. The Bertz CT molecular complexity index is 333. The van der Waals surface area contributed by atoms with Gasteiger partial charge in [0.1, 0.15) is 0 Å². The van der Waals surface area contributed by atoms with Crippen LogP contribution < -0.4 is 5.64 Å². The molecule has 0 bridgehead atoms. The lowest BCUT2D eigenvalue weighted by Crippen LogP contribution is -2.19. The number of carboxylic acids is 1. The van der Waals surface area contributed by atoms with E-state index in [-0.39, 0.29) is 26.4 Å². The van der Waals surface area contributed by atoms with Crippen LogP contribution in [0.5, 0.6) is 0 Å². The van der Waals surface area contributed by atoms with E-state index in [1.165, 1.54) is 70.6 Å². The van der Waals surface area contributed by atoms with E-state index in [1.54, 1.807) is 0 Å². The molecular weight excluding hydrogens is 374 g/mol. The average Bonchev–Trinajstić information content (AvgIpc) is 2.71. The van der Waals surface area contributed by atoms with Crippen molar-refractivity contribution in [1.29, 1.82) is 0 Å². The van der Waals surface area contributed by atoms with E-state index in [0.29, 0.717) is 6.42 Å². The number of nitrogens with one attached hydrogen (secondary N) is 1. The minimum Gasteiger partial charge on any atom is -0.481 e. The van der Waals surface area contributed by atoms with Gasteiger partial charge < -0.3 is 15.3 Å². The van der Waals surface area contributed by atoms with Gasteiger partial charge in [-0.3, -0.25) is 14.5 Å². The van der Waals surface area contributed by atoms with Gasteiger partial charge in [-0.15, -0.1) is 0 Å². The van der Waals surface area contributed by atoms with Crippen molar-refractivity contribution >= 4 is 5.97 Å². The predicted molar refractivity (Wildman–Crippen MR) is 116 cm³/mol. The quantitative estimate of drug-likeness (QED) is 0.123. The lowest BCUT2D eigenvalue weighted by atomic mass is 10.1. The molecule has 0 unspecified atom stereocenters. The molecule has 0 heterocycles. The summed E-state index contributed by atoms with van der Waals surface area (Å²) in [5, 5.41) is 24.8.